The highest BCUT2D eigenvalue weighted by Crippen LogP contribution is 2.41. The molecule has 0 aliphatic carbocycles. The molecule has 7 aromatic rings. The topological polar surface area (TPSA) is 22.2 Å². The zero-order chi connectivity index (χ0) is 20.0. The van der Waals surface area contributed by atoms with E-state index >= 15 is 0 Å². The van der Waals surface area contributed by atoms with E-state index in [1.54, 1.807) is 0 Å². The molecule has 0 amide bonds. The molecule has 0 radical (unpaired) electrons. The van der Waals surface area contributed by atoms with Crippen LogP contribution < -0.4 is 4.40 Å². The number of hydrogen-bond donors (Lipinski definition) is 0. The van der Waals surface area contributed by atoms with Crippen molar-refractivity contribution in [1.82, 2.24) is 4.57 Å². The SMILES string of the molecule is Cc1ccccc1-c1cc2c3ccccc3[n+]3c4oc5ccccc5c4c(c23)n1C. The molecule has 0 spiro atoms. The number of furan rings is 1. The molecular formula is C27H19N2O+. The van der Waals surface area contributed by atoms with Crippen molar-refractivity contribution in [3.63, 3.8) is 0 Å². The fraction of sp³-hybridized carbons (Fsp3) is 0.0741. The Hall–Kier alpha value is -3.85. The number of aromatic nitrogens is 2. The Morgan fingerprint density at radius 1 is 0.800 bits per heavy atom. The van der Waals surface area contributed by atoms with Crippen LogP contribution in [0.1, 0.15) is 5.56 Å². The quantitative estimate of drug-likeness (QED) is 0.300. The van der Waals surface area contributed by atoms with E-state index in [0.29, 0.717) is 0 Å². The summed E-state index contributed by atoms with van der Waals surface area (Å²) < 4.78 is 11.1. The van der Waals surface area contributed by atoms with Gasteiger partial charge in [0.15, 0.2) is 0 Å². The van der Waals surface area contributed by atoms with E-state index in [1.165, 1.54) is 54.9 Å². The maximum Gasteiger partial charge on any atom is 0.390 e. The maximum atomic E-state index is 6.42. The van der Waals surface area contributed by atoms with E-state index in [-0.39, 0.29) is 0 Å². The number of rotatable bonds is 1. The summed E-state index contributed by atoms with van der Waals surface area (Å²) in [5.74, 6) is 0. The van der Waals surface area contributed by atoms with Crippen molar-refractivity contribution in [2.75, 3.05) is 0 Å². The largest absolute Gasteiger partial charge is 0.404 e. The molecule has 0 atom stereocenters. The minimum absolute atomic E-state index is 0.926. The van der Waals surface area contributed by atoms with Crippen molar-refractivity contribution >= 4 is 49.4 Å². The Balaban J connectivity index is 1.83. The second-order valence-corrected chi connectivity index (χ2v) is 8.15. The van der Waals surface area contributed by atoms with E-state index in [4.69, 9.17) is 4.42 Å². The minimum Gasteiger partial charge on any atom is -0.404 e. The van der Waals surface area contributed by atoms with Crippen LogP contribution in [0.2, 0.25) is 0 Å². The molecule has 142 valence electrons. The molecular weight excluding hydrogens is 368 g/mol. The summed E-state index contributed by atoms with van der Waals surface area (Å²) in [5, 5.41) is 4.89. The number of hydrogen-bond acceptors (Lipinski definition) is 1. The first-order valence-electron chi connectivity index (χ1n) is 10.3. The molecule has 4 aromatic heterocycles. The van der Waals surface area contributed by atoms with Gasteiger partial charge < -0.3 is 8.98 Å². The Kier molecular flexibility index (Phi) is 2.88. The van der Waals surface area contributed by atoms with Gasteiger partial charge in [-0.15, -0.1) is 4.40 Å². The third-order valence-electron chi connectivity index (χ3n) is 6.55. The summed E-state index contributed by atoms with van der Waals surface area (Å²) in [4.78, 5) is 0. The molecule has 0 unspecified atom stereocenters. The first-order valence-corrected chi connectivity index (χ1v) is 10.3. The molecule has 3 nitrogen and oxygen atoms in total. The number of nitrogens with zero attached hydrogens (tertiary/aromatic N) is 2. The van der Waals surface area contributed by atoms with Gasteiger partial charge in [0.1, 0.15) is 16.5 Å². The number of benzene rings is 3. The number of para-hydroxylation sites is 2. The van der Waals surface area contributed by atoms with E-state index in [9.17, 15) is 0 Å². The van der Waals surface area contributed by atoms with Crippen LogP contribution in [0.3, 0.4) is 0 Å². The van der Waals surface area contributed by atoms with Crippen molar-refractivity contribution in [3.8, 4) is 11.3 Å². The third kappa shape index (κ3) is 1.79. The monoisotopic (exact) mass is 387 g/mol. The maximum absolute atomic E-state index is 6.42. The molecule has 0 aliphatic heterocycles. The van der Waals surface area contributed by atoms with Crippen LogP contribution >= 0.6 is 0 Å². The lowest BCUT2D eigenvalue weighted by Crippen LogP contribution is -2.16. The number of aryl methyl sites for hydroxylation is 2. The molecule has 0 aliphatic rings. The molecule has 0 saturated carbocycles. The molecule has 30 heavy (non-hydrogen) atoms. The summed E-state index contributed by atoms with van der Waals surface area (Å²) in [5.41, 5.74) is 9.26. The van der Waals surface area contributed by atoms with Crippen LogP contribution in [0.5, 0.6) is 0 Å². The van der Waals surface area contributed by atoms with Crippen LogP contribution in [0.15, 0.2) is 83.3 Å². The summed E-state index contributed by atoms with van der Waals surface area (Å²) in [6, 6.07) is 27.9. The predicted octanol–water partition coefficient (Wildman–Crippen LogP) is 6.38. The van der Waals surface area contributed by atoms with E-state index in [0.717, 1.165) is 11.3 Å². The van der Waals surface area contributed by atoms with Gasteiger partial charge >= 0.3 is 5.71 Å². The minimum atomic E-state index is 0.926. The Morgan fingerprint density at radius 2 is 1.53 bits per heavy atom. The van der Waals surface area contributed by atoms with Crippen LogP contribution in [-0.4, -0.2) is 4.57 Å². The van der Waals surface area contributed by atoms with Crippen LogP contribution in [0.4, 0.5) is 0 Å². The Morgan fingerprint density at radius 3 is 2.40 bits per heavy atom. The van der Waals surface area contributed by atoms with Gasteiger partial charge in [-0.3, -0.25) is 0 Å². The summed E-state index contributed by atoms with van der Waals surface area (Å²) in [7, 11) is 2.18. The molecule has 4 heterocycles. The highest BCUT2D eigenvalue weighted by molar-refractivity contribution is 6.23. The summed E-state index contributed by atoms with van der Waals surface area (Å²) >= 11 is 0. The second-order valence-electron chi connectivity index (χ2n) is 8.15. The standard InChI is InChI=1S/C27H19N2O/c1-16-9-3-4-10-17(16)22-15-20-18-11-5-7-13-21(18)29-25(20)26(28(22)2)24-19-12-6-8-14-23(19)30-27(24)29/h3-15H,1-2H3/q+1. The average Bonchev–Trinajstić information content (AvgIpc) is 3.40. The average molecular weight is 387 g/mol. The Bertz CT molecular complexity index is 1760. The molecule has 0 N–H and O–H groups in total. The van der Waals surface area contributed by atoms with Crippen molar-refractivity contribution in [2.45, 2.75) is 6.92 Å². The van der Waals surface area contributed by atoms with Gasteiger partial charge in [0, 0.05) is 29.8 Å². The van der Waals surface area contributed by atoms with E-state index < -0.39 is 0 Å². The lowest BCUT2D eigenvalue weighted by Gasteiger charge is -2.12. The van der Waals surface area contributed by atoms with Crippen LogP contribution in [0, 0.1) is 6.92 Å². The van der Waals surface area contributed by atoms with Gasteiger partial charge in [-0.25, -0.2) is 0 Å². The van der Waals surface area contributed by atoms with Crippen molar-refractivity contribution in [2.24, 2.45) is 7.05 Å². The fourth-order valence-electron chi connectivity index (χ4n) is 5.19. The first-order chi connectivity index (χ1) is 14.7. The zero-order valence-corrected chi connectivity index (χ0v) is 16.8. The lowest BCUT2D eigenvalue weighted by molar-refractivity contribution is -0.453. The predicted molar refractivity (Wildman–Crippen MR) is 122 cm³/mol. The van der Waals surface area contributed by atoms with Crippen molar-refractivity contribution in [1.29, 1.82) is 0 Å². The molecule has 3 aromatic carbocycles. The van der Waals surface area contributed by atoms with Crippen LogP contribution in [-0.2, 0) is 7.05 Å². The van der Waals surface area contributed by atoms with Gasteiger partial charge in [0.05, 0.1) is 10.8 Å². The van der Waals surface area contributed by atoms with Crippen LogP contribution in [0.25, 0.3) is 60.6 Å². The third-order valence-corrected chi connectivity index (χ3v) is 6.55. The second kappa shape index (κ2) is 5.39. The van der Waals surface area contributed by atoms with Gasteiger partial charge in [0.2, 0.25) is 11.0 Å². The summed E-state index contributed by atoms with van der Waals surface area (Å²) in [6.07, 6.45) is 0. The fourth-order valence-corrected chi connectivity index (χ4v) is 5.19. The summed E-state index contributed by atoms with van der Waals surface area (Å²) in [6.45, 7) is 2.18. The van der Waals surface area contributed by atoms with E-state index in [2.05, 4.69) is 95.7 Å². The highest BCUT2D eigenvalue weighted by atomic mass is 16.3. The van der Waals surface area contributed by atoms with Gasteiger partial charge in [-0.2, -0.15) is 0 Å². The molecule has 7 rings (SSSR count). The molecule has 0 bridgehead atoms. The lowest BCUT2D eigenvalue weighted by atomic mass is 10.0. The normalized spacial score (nSPS) is 12.3. The molecule has 0 fully saturated rings. The first kappa shape index (κ1) is 16.0. The number of pyridine rings is 1. The number of fused-ring (bicyclic) bond motifs is 8. The molecule has 3 heteroatoms. The van der Waals surface area contributed by atoms with Crippen molar-refractivity contribution < 1.29 is 8.82 Å². The van der Waals surface area contributed by atoms with Gasteiger partial charge in [-0.05, 0) is 30.7 Å². The zero-order valence-electron chi connectivity index (χ0n) is 16.8. The Labute approximate surface area is 172 Å². The smallest absolute Gasteiger partial charge is 0.390 e. The van der Waals surface area contributed by atoms with Gasteiger partial charge in [0.25, 0.3) is 0 Å². The van der Waals surface area contributed by atoms with Gasteiger partial charge in [-0.1, -0.05) is 54.6 Å². The van der Waals surface area contributed by atoms with E-state index in [1.807, 2.05) is 6.07 Å². The molecule has 0 saturated heterocycles. The highest BCUT2D eigenvalue weighted by Gasteiger charge is 2.33. The van der Waals surface area contributed by atoms with Crippen molar-refractivity contribution in [3.05, 3.63) is 84.4 Å².